The van der Waals surface area contributed by atoms with Gasteiger partial charge in [-0.1, -0.05) is 6.92 Å². The number of carbonyl (C=O) groups is 1. The van der Waals surface area contributed by atoms with Crippen molar-refractivity contribution in [2.45, 2.75) is 90.2 Å². The highest BCUT2D eigenvalue weighted by molar-refractivity contribution is 5.82. The van der Waals surface area contributed by atoms with Gasteiger partial charge in [-0.3, -0.25) is 4.79 Å². The summed E-state index contributed by atoms with van der Waals surface area (Å²) in [4.78, 5) is 13.3. The zero-order chi connectivity index (χ0) is 22.6. The van der Waals surface area contributed by atoms with E-state index in [2.05, 4.69) is 22.4 Å². The van der Waals surface area contributed by atoms with E-state index in [-0.39, 0.29) is 11.3 Å². The number of ether oxygens (including phenoxy) is 1. The molecule has 4 fully saturated rings. The number of nitrogens with zero attached hydrogens (tertiary/aromatic N) is 4. The second-order valence-electron chi connectivity index (χ2n) is 12.0. The molecular formula is C25H40N4O3. The summed E-state index contributed by atoms with van der Waals surface area (Å²) >= 11 is 0. The number of methoxy groups -OCH3 is 1. The van der Waals surface area contributed by atoms with Crippen LogP contribution in [0, 0.1) is 40.4 Å². The Morgan fingerprint density at radius 3 is 2.72 bits per heavy atom. The van der Waals surface area contributed by atoms with E-state index in [0.29, 0.717) is 41.4 Å². The van der Waals surface area contributed by atoms with Crippen LogP contribution in [0.25, 0.3) is 0 Å². The van der Waals surface area contributed by atoms with Crippen LogP contribution < -0.4 is 0 Å². The second kappa shape index (κ2) is 8.15. The van der Waals surface area contributed by atoms with E-state index in [1.807, 2.05) is 14.0 Å². The van der Waals surface area contributed by atoms with Gasteiger partial charge in [-0.2, -0.15) is 0 Å². The third kappa shape index (κ3) is 3.54. The SMILES string of the molecule is COCC[C@]12CC[C@@](C)(O)C[C@@H]1CC[C@H]1[C@@H]3CC[C@H](C(=O)Cn4cnnn4)[C@@]3(C)CC[C@@H]12. The predicted octanol–water partition coefficient (Wildman–Crippen LogP) is 3.67. The number of rotatable bonds is 6. The summed E-state index contributed by atoms with van der Waals surface area (Å²) < 4.78 is 7.17. The Morgan fingerprint density at radius 2 is 1.97 bits per heavy atom. The molecule has 7 nitrogen and oxygen atoms in total. The molecule has 5 rings (SSSR count). The number of aromatic nitrogens is 4. The highest BCUT2D eigenvalue weighted by Crippen LogP contribution is 2.69. The molecule has 0 amide bonds. The third-order valence-corrected chi connectivity index (χ3v) is 10.5. The molecular weight excluding hydrogens is 404 g/mol. The third-order valence-electron chi connectivity index (χ3n) is 10.5. The topological polar surface area (TPSA) is 90.1 Å². The summed E-state index contributed by atoms with van der Waals surface area (Å²) in [5.74, 6) is 3.07. The molecule has 0 aromatic carbocycles. The Hall–Kier alpha value is -1.34. The number of hydrogen-bond acceptors (Lipinski definition) is 6. The standard InChI is InChI=1S/C25H40N4O3/c1-23(31)10-11-25(12-13-32-3)17(14-23)4-5-18-19-6-7-21(24(19,2)9-8-20(18)25)22(30)15-29-16-26-27-28-29/h16-21,31H,4-15H2,1-3H3/t17-,18-,19-,20-,21+,23+,24-,25+/m0/s1. The highest BCUT2D eigenvalue weighted by Gasteiger charge is 2.62. The lowest BCUT2D eigenvalue weighted by Gasteiger charge is -2.63. The molecule has 178 valence electrons. The van der Waals surface area contributed by atoms with Crippen LogP contribution in [0.4, 0.5) is 0 Å². The maximum atomic E-state index is 13.3. The van der Waals surface area contributed by atoms with Crippen molar-refractivity contribution in [1.29, 1.82) is 0 Å². The summed E-state index contributed by atoms with van der Waals surface area (Å²) in [5.41, 5.74) is -0.114. The van der Waals surface area contributed by atoms with Crippen molar-refractivity contribution in [3.8, 4) is 0 Å². The van der Waals surface area contributed by atoms with Crippen molar-refractivity contribution in [3.05, 3.63) is 6.33 Å². The molecule has 4 saturated carbocycles. The number of carbonyl (C=O) groups excluding carboxylic acids is 1. The molecule has 4 aliphatic rings. The molecule has 0 aliphatic heterocycles. The van der Waals surface area contributed by atoms with Crippen molar-refractivity contribution >= 4 is 5.78 Å². The van der Waals surface area contributed by atoms with Crippen LogP contribution in [0.15, 0.2) is 6.33 Å². The first-order valence-corrected chi connectivity index (χ1v) is 12.7. The van der Waals surface area contributed by atoms with Gasteiger partial charge in [0.25, 0.3) is 0 Å². The van der Waals surface area contributed by atoms with Crippen molar-refractivity contribution in [2.24, 2.45) is 40.4 Å². The maximum absolute atomic E-state index is 13.3. The van der Waals surface area contributed by atoms with Crippen LogP contribution >= 0.6 is 0 Å². The monoisotopic (exact) mass is 444 g/mol. The normalized spacial score (nSPS) is 45.7. The molecule has 32 heavy (non-hydrogen) atoms. The average molecular weight is 445 g/mol. The molecule has 1 N–H and O–H groups in total. The number of tetrazole rings is 1. The lowest BCUT2D eigenvalue weighted by molar-refractivity contribution is -0.163. The van der Waals surface area contributed by atoms with Crippen LogP contribution in [-0.2, 0) is 16.1 Å². The van der Waals surface area contributed by atoms with Gasteiger partial charge in [0.2, 0.25) is 0 Å². The van der Waals surface area contributed by atoms with E-state index in [1.54, 1.807) is 11.0 Å². The van der Waals surface area contributed by atoms with Gasteiger partial charge in [-0.25, -0.2) is 4.68 Å². The quantitative estimate of drug-likeness (QED) is 0.720. The average Bonchev–Trinajstić information content (AvgIpc) is 3.38. The Balaban J connectivity index is 1.38. The molecule has 1 heterocycles. The summed E-state index contributed by atoms with van der Waals surface area (Å²) in [7, 11) is 1.82. The van der Waals surface area contributed by atoms with Gasteiger partial charge in [0.05, 0.1) is 5.60 Å². The second-order valence-corrected chi connectivity index (χ2v) is 12.0. The van der Waals surface area contributed by atoms with Crippen LogP contribution in [0.5, 0.6) is 0 Å². The zero-order valence-electron chi connectivity index (χ0n) is 20.0. The van der Waals surface area contributed by atoms with E-state index in [4.69, 9.17) is 4.74 Å². The van der Waals surface area contributed by atoms with Gasteiger partial charge < -0.3 is 9.84 Å². The summed E-state index contributed by atoms with van der Waals surface area (Å²) in [6.45, 7) is 5.55. The lowest BCUT2D eigenvalue weighted by Crippen LogP contribution is -2.57. The minimum absolute atomic E-state index is 0.0989. The largest absolute Gasteiger partial charge is 0.390 e. The van der Waals surface area contributed by atoms with Crippen LogP contribution in [0.1, 0.15) is 78.1 Å². The van der Waals surface area contributed by atoms with Crippen LogP contribution in [-0.4, -0.2) is 50.4 Å². The Labute approximate surface area is 191 Å². The predicted molar refractivity (Wildman–Crippen MR) is 119 cm³/mol. The van der Waals surface area contributed by atoms with Crippen molar-refractivity contribution in [3.63, 3.8) is 0 Å². The van der Waals surface area contributed by atoms with Gasteiger partial charge in [-0.15, -0.1) is 5.10 Å². The molecule has 0 unspecified atom stereocenters. The lowest BCUT2D eigenvalue weighted by atomic mass is 9.42. The minimum atomic E-state index is -0.516. The fourth-order valence-corrected chi connectivity index (χ4v) is 9.08. The molecule has 1 aromatic rings. The van der Waals surface area contributed by atoms with Crippen LogP contribution in [0.2, 0.25) is 0 Å². The number of Topliss-reactive ketones (excluding diaryl/α,β-unsaturated/α-hetero) is 1. The highest BCUT2D eigenvalue weighted by atomic mass is 16.5. The zero-order valence-corrected chi connectivity index (χ0v) is 20.0. The smallest absolute Gasteiger partial charge is 0.158 e. The summed E-state index contributed by atoms with van der Waals surface area (Å²) in [5, 5.41) is 22.1. The Kier molecular flexibility index (Phi) is 5.72. The molecule has 8 atom stereocenters. The number of aliphatic hydroxyl groups is 1. The number of hydrogen-bond donors (Lipinski definition) is 1. The molecule has 0 spiro atoms. The van der Waals surface area contributed by atoms with Gasteiger partial charge in [0.1, 0.15) is 12.9 Å². The van der Waals surface area contributed by atoms with Gasteiger partial charge in [0, 0.05) is 19.6 Å². The molecule has 4 aliphatic carbocycles. The summed E-state index contributed by atoms with van der Waals surface area (Å²) in [6.07, 6.45) is 12.7. The van der Waals surface area contributed by atoms with Gasteiger partial charge >= 0.3 is 0 Å². The molecule has 0 saturated heterocycles. The van der Waals surface area contributed by atoms with Crippen molar-refractivity contribution < 1.29 is 14.6 Å². The number of fused-ring (bicyclic) bond motifs is 5. The first kappa shape index (κ1) is 22.5. The Bertz CT molecular complexity index is 827. The fourth-order valence-electron chi connectivity index (χ4n) is 9.08. The number of ketones is 1. The van der Waals surface area contributed by atoms with E-state index in [0.717, 1.165) is 45.1 Å². The van der Waals surface area contributed by atoms with Gasteiger partial charge in [0.15, 0.2) is 5.78 Å². The fraction of sp³-hybridized carbons (Fsp3) is 0.920. The molecule has 0 bridgehead atoms. The van der Waals surface area contributed by atoms with Crippen molar-refractivity contribution in [2.75, 3.05) is 13.7 Å². The first-order chi connectivity index (χ1) is 15.3. The van der Waals surface area contributed by atoms with Gasteiger partial charge in [-0.05, 0) is 116 Å². The van der Waals surface area contributed by atoms with E-state index >= 15 is 0 Å². The minimum Gasteiger partial charge on any atom is -0.390 e. The molecule has 0 radical (unpaired) electrons. The van der Waals surface area contributed by atoms with E-state index in [9.17, 15) is 9.90 Å². The molecule has 1 aromatic heterocycles. The van der Waals surface area contributed by atoms with Crippen molar-refractivity contribution in [1.82, 2.24) is 20.2 Å². The Morgan fingerprint density at radius 1 is 1.12 bits per heavy atom. The van der Waals surface area contributed by atoms with E-state index < -0.39 is 5.60 Å². The summed E-state index contributed by atoms with van der Waals surface area (Å²) in [6, 6.07) is 0. The maximum Gasteiger partial charge on any atom is 0.158 e. The first-order valence-electron chi connectivity index (χ1n) is 12.7. The molecule has 7 heteroatoms. The van der Waals surface area contributed by atoms with E-state index in [1.165, 1.54) is 25.7 Å². The van der Waals surface area contributed by atoms with Crippen LogP contribution in [0.3, 0.4) is 0 Å².